The second-order valence-corrected chi connectivity index (χ2v) is 7.96. The molecule has 160 valence electrons. The quantitative estimate of drug-likeness (QED) is 0.150. The topological polar surface area (TPSA) is 46.5 Å². The third-order valence-electron chi connectivity index (χ3n) is 5.36. The van der Waals surface area contributed by atoms with Gasteiger partial charge in [-0.3, -0.25) is 0 Å². The van der Waals surface area contributed by atoms with Gasteiger partial charge in [0.2, 0.25) is 0 Å². The van der Waals surface area contributed by atoms with Gasteiger partial charge in [0.1, 0.15) is 11.3 Å². The standard InChI is InChI=1S/C25H42O3.Ca/c1-2-3-4-5-6-7-8-9-10-11-12-13-14-15-16-19-22-28-25(27)23-20-17-18-21-24(23)26;/h17-18,20-21,26H,2-16,19,22H2,1H3;/q;+2. The SMILES string of the molecule is CCCCCCCCCCCCCCCCCCOC(=O)c1ccccc1O.[Ca+2]. The number of rotatable bonds is 18. The molecule has 0 radical (unpaired) electrons. The number of ether oxygens (including phenoxy) is 1. The Hall–Kier alpha value is -0.250. The summed E-state index contributed by atoms with van der Waals surface area (Å²) in [5.74, 6) is -0.446. The molecular formula is C25H42CaO3+2. The number of aromatic hydroxyl groups is 1. The average molecular weight is 431 g/mol. The first-order valence-corrected chi connectivity index (χ1v) is 11.7. The Morgan fingerprint density at radius 3 is 1.59 bits per heavy atom. The van der Waals surface area contributed by atoms with Crippen LogP contribution in [0.5, 0.6) is 5.75 Å². The zero-order chi connectivity index (χ0) is 20.3. The maximum atomic E-state index is 11.8. The number of unbranched alkanes of at least 4 members (excludes halogenated alkanes) is 15. The number of esters is 1. The predicted octanol–water partition coefficient (Wildman–Crippen LogP) is 7.43. The summed E-state index contributed by atoms with van der Waals surface area (Å²) in [5.41, 5.74) is 0.249. The van der Waals surface area contributed by atoms with Gasteiger partial charge >= 0.3 is 43.7 Å². The van der Waals surface area contributed by atoms with Gasteiger partial charge in [-0.05, 0) is 18.6 Å². The third kappa shape index (κ3) is 16.2. The van der Waals surface area contributed by atoms with E-state index in [9.17, 15) is 9.90 Å². The van der Waals surface area contributed by atoms with Crippen molar-refractivity contribution in [2.24, 2.45) is 0 Å². The monoisotopic (exact) mass is 430 g/mol. The molecule has 0 aliphatic rings. The van der Waals surface area contributed by atoms with Crippen LogP contribution in [0.1, 0.15) is 120 Å². The number of phenolic OH excluding ortho intramolecular Hbond substituents is 1. The molecule has 0 atom stereocenters. The minimum atomic E-state index is -0.431. The summed E-state index contributed by atoms with van der Waals surface area (Å²) in [5, 5.41) is 9.62. The Labute approximate surface area is 209 Å². The molecule has 0 spiro atoms. The van der Waals surface area contributed by atoms with Gasteiger partial charge in [-0.2, -0.15) is 0 Å². The molecule has 0 unspecified atom stereocenters. The maximum absolute atomic E-state index is 11.8. The molecule has 0 amide bonds. The van der Waals surface area contributed by atoms with Crippen LogP contribution in [-0.2, 0) is 4.74 Å². The number of phenols is 1. The molecule has 0 saturated heterocycles. The van der Waals surface area contributed by atoms with Crippen LogP contribution in [0.3, 0.4) is 0 Å². The van der Waals surface area contributed by atoms with Crippen molar-refractivity contribution in [3.63, 3.8) is 0 Å². The van der Waals surface area contributed by atoms with E-state index in [-0.39, 0.29) is 49.1 Å². The minimum absolute atomic E-state index is 0. The third-order valence-corrected chi connectivity index (χ3v) is 5.36. The van der Waals surface area contributed by atoms with Gasteiger partial charge in [0.05, 0.1) is 6.61 Å². The van der Waals surface area contributed by atoms with E-state index in [4.69, 9.17) is 4.74 Å². The van der Waals surface area contributed by atoms with Crippen LogP contribution in [0.4, 0.5) is 0 Å². The number of carbonyl (C=O) groups is 1. The Morgan fingerprint density at radius 1 is 0.724 bits per heavy atom. The van der Waals surface area contributed by atoms with E-state index in [1.54, 1.807) is 18.2 Å². The molecule has 0 aliphatic heterocycles. The van der Waals surface area contributed by atoms with Crippen LogP contribution in [0, 0.1) is 0 Å². The fraction of sp³-hybridized carbons (Fsp3) is 0.720. The van der Waals surface area contributed by atoms with E-state index in [1.807, 2.05) is 0 Å². The molecule has 29 heavy (non-hydrogen) atoms. The van der Waals surface area contributed by atoms with E-state index in [1.165, 1.54) is 96.0 Å². The Balaban J connectivity index is 0.00000784. The largest absolute Gasteiger partial charge is 2.00 e. The van der Waals surface area contributed by atoms with Gasteiger partial charge < -0.3 is 9.84 Å². The molecular weight excluding hydrogens is 388 g/mol. The van der Waals surface area contributed by atoms with Crippen LogP contribution in [0.2, 0.25) is 0 Å². The van der Waals surface area contributed by atoms with Gasteiger partial charge in [-0.15, -0.1) is 0 Å². The Morgan fingerprint density at radius 2 is 1.14 bits per heavy atom. The first-order valence-electron chi connectivity index (χ1n) is 11.7. The summed E-state index contributed by atoms with van der Waals surface area (Å²) in [6, 6.07) is 6.52. The van der Waals surface area contributed by atoms with Gasteiger partial charge in [0.25, 0.3) is 0 Å². The second kappa shape index (κ2) is 21.0. The molecule has 0 heterocycles. The molecule has 0 saturated carbocycles. The normalized spacial score (nSPS) is 10.5. The van der Waals surface area contributed by atoms with Crippen LogP contribution in [-0.4, -0.2) is 55.4 Å². The fourth-order valence-electron chi connectivity index (χ4n) is 3.54. The maximum Gasteiger partial charge on any atom is 2.00 e. The fourth-order valence-corrected chi connectivity index (χ4v) is 3.54. The first kappa shape index (κ1) is 28.7. The van der Waals surface area contributed by atoms with Crippen LogP contribution >= 0.6 is 0 Å². The molecule has 3 nitrogen and oxygen atoms in total. The molecule has 1 aromatic carbocycles. The molecule has 1 N–H and O–H groups in total. The van der Waals surface area contributed by atoms with Crippen LogP contribution in [0.15, 0.2) is 24.3 Å². The van der Waals surface area contributed by atoms with E-state index in [0.29, 0.717) is 6.61 Å². The number of benzene rings is 1. The number of hydrogen-bond donors (Lipinski definition) is 1. The van der Waals surface area contributed by atoms with Gasteiger partial charge in [-0.25, -0.2) is 4.79 Å². The van der Waals surface area contributed by atoms with Crippen molar-refractivity contribution in [2.45, 2.75) is 110 Å². The summed E-state index contributed by atoms with van der Waals surface area (Å²) >= 11 is 0. The summed E-state index contributed by atoms with van der Waals surface area (Å²) in [6.07, 6.45) is 21.3. The molecule has 0 aromatic heterocycles. The number of carbonyl (C=O) groups excluding carboxylic acids is 1. The molecule has 0 fully saturated rings. The molecule has 1 rings (SSSR count). The van der Waals surface area contributed by atoms with E-state index < -0.39 is 5.97 Å². The Bertz CT molecular complexity index is 505. The van der Waals surface area contributed by atoms with Crippen molar-refractivity contribution >= 4 is 43.7 Å². The summed E-state index contributed by atoms with van der Waals surface area (Å²) in [6.45, 7) is 2.71. The van der Waals surface area contributed by atoms with E-state index in [0.717, 1.165) is 12.8 Å². The molecule has 1 aromatic rings. The smallest absolute Gasteiger partial charge is 0.507 e. The number of para-hydroxylation sites is 1. The first-order chi connectivity index (χ1) is 13.8. The van der Waals surface area contributed by atoms with Crippen molar-refractivity contribution in [1.82, 2.24) is 0 Å². The van der Waals surface area contributed by atoms with E-state index in [2.05, 4.69) is 6.92 Å². The summed E-state index contributed by atoms with van der Waals surface area (Å²) in [4.78, 5) is 11.8. The second-order valence-electron chi connectivity index (χ2n) is 7.96. The molecule has 4 heteroatoms. The summed E-state index contributed by atoms with van der Waals surface area (Å²) < 4.78 is 5.23. The number of hydrogen-bond acceptors (Lipinski definition) is 3. The minimum Gasteiger partial charge on any atom is -0.507 e. The van der Waals surface area contributed by atoms with E-state index >= 15 is 0 Å². The van der Waals surface area contributed by atoms with Crippen molar-refractivity contribution in [3.05, 3.63) is 29.8 Å². The zero-order valence-corrected chi connectivity index (χ0v) is 21.0. The Kier molecular flexibility index (Phi) is 20.8. The van der Waals surface area contributed by atoms with Crippen molar-refractivity contribution < 1.29 is 14.6 Å². The zero-order valence-electron chi connectivity index (χ0n) is 18.8. The molecule has 0 aliphatic carbocycles. The van der Waals surface area contributed by atoms with Crippen LogP contribution in [0.25, 0.3) is 0 Å². The van der Waals surface area contributed by atoms with Gasteiger partial charge in [0, 0.05) is 0 Å². The van der Waals surface area contributed by atoms with Gasteiger partial charge in [0.15, 0.2) is 0 Å². The van der Waals surface area contributed by atoms with Crippen molar-refractivity contribution in [3.8, 4) is 5.75 Å². The van der Waals surface area contributed by atoms with Gasteiger partial charge in [-0.1, -0.05) is 115 Å². The average Bonchev–Trinajstić information content (AvgIpc) is 2.70. The summed E-state index contributed by atoms with van der Waals surface area (Å²) in [7, 11) is 0. The van der Waals surface area contributed by atoms with Crippen molar-refractivity contribution in [2.75, 3.05) is 6.61 Å². The van der Waals surface area contributed by atoms with Crippen molar-refractivity contribution in [1.29, 1.82) is 0 Å². The molecule has 0 bridgehead atoms. The predicted molar refractivity (Wildman–Crippen MR) is 124 cm³/mol. The van der Waals surface area contributed by atoms with Crippen LogP contribution < -0.4 is 0 Å².